The third-order valence-corrected chi connectivity index (χ3v) is 3.76. The minimum atomic E-state index is -0.780. The standard InChI is InChI=1S/C18H16N4O2/c1-10(11-5-3-2-4-6-11)12-7-8-13-14(9-12)21-17(22-18(20)24)15(13)16(19)23/h2-9,21H,1H2,(H2,19,23)(H3,20,22,24). The molecule has 0 atom stereocenters. The van der Waals surface area contributed by atoms with Crippen LogP contribution in [0, 0.1) is 0 Å². The summed E-state index contributed by atoms with van der Waals surface area (Å²) in [4.78, 5) is 25.8. The van der Waals surface area contributed by atoms with Gasteiger partial charge in [-0.1, -0.05) is 49.0 Å². The van der Waals surface area contributed by atoms with E-state index in [1.165, 1.54) is 0 Å². The van der Waals surface area contributed by atoms with Crippen molar-refractivity contribution in [3.05, 3.63) is 71.8 Å². The average molecular weight is 320 g/mol. The molecule has 6 nitrogen and oxygen atoms in total. The first kappa shape index (κ1) is 15.4. The summed E-state index contributed by atoms with van der Waals surface area (Å²) in [5.74, 6) is -0.466. The molecule has 0 spiro atoms. The molecule has 120 valence electrons. The van der Waals surface area contributed by atoms with Crippen molar-refractivity contribution in [3.63, 3.8) is 0 Å². The monoisotopic (exact) mass is 320 g/mol. The van der Waals surface area contributed by atoms with E-state index in [0.29, 0.717) is 10.9 Å². The van der Waals surface area contributed by atoms with Crippen molar-refractivity contribution in [3.8, 4) is 0 Å². The van der Waals surface area contributed by atoms with Crippen molar-refractivity contribution >= 4 is 34.2 Å². The maximum absolute atomic E-state index is 11.7. The first-order valence-electron chi connectivity index (χ1n) is 7.24. The molecule has 0 aliphatic rings. The first-order valence-corrected chi connectivity index (χ1v) is 7.24. The molecule has 3 amide bonds. The van der Waals surface area contributed by atoms with Gasteiger partial charge < -0.3 is 16.5 Å². The van der Waals surface area contributed by atoms with Crippen LogP contribution in [0.15, 0.2) is 55.1 Å². The van der Waals surface area contributed by atoms with Crippen molar-refractivity contribution in [1.29, 1.82) is 0 Å². The molecule has 0 fully saturated rings. The van der Waals surface area contributed by atoms with Gasteiger partial charge in [-0.15, -0.1) is 0 Å². The molecule has 1 heterocycles. The highest BCUT2D eigenvalue weighted by atomic mass is 16.2. The van der Waals surface area contributed by atoms with Crippen LogP contribution in [0.5, 0.6) is 0 Å². The Morgan fingerprint density at radius 1 is 1.00 bits per heavy atom. The average Bonchev–Trinajstić information content (AvgIpc) is 2.91. The number of nitrogens with two attached hydrogens (primary N) is 2. The molecule has 0 saturated heterocycles. The Bertz CT molecular complexity index is 958. The fraction of sp³-hybridized carbons (Fsp3) is 0. The fourth-order valence-corrected chi connectivity index (χ4v) is 2.66. The number of carbonyl (C=O) groups excluding carboxylic acids is 2. The number of nitrogens with one attached hydrogen (secondary N) is 2. The Hall–Kier alpha value is -3.54. The van der Waals surface area contributed by atoms with Gasteiger partial charge in [0.1, 0.15) is 5.82 Å². The zero-order valence-corrected chi connectivity index (χ0v) is 12.8. The van der Waals surface area contributed by atoms with Gasteiger partial charge in [-0.2, -0.15) is 0 Å². The molecule has 6 heteroatoms. The molecule has 1 aromatic heterocycles. The first-order chi connectivity index (χ1) is 11.5. The van der Waals surface area contributed by atoms with E-state index in [0.717, 1.165) is 16.7 Å². The third-order valence-electron chi connectivity index (χ3n) is 3.76. The van der Waals surface area contributed by atoms with Gasteiger partial charge in [-0.3, -0.25) is 10.1 Å². The number of aromatic amines is 1. The van der Waals surface area contributed by atoms with Gasteiger partial charge in [0.2, 0.25) is 0 Å². The summed E-state index contributed by atoms with van der Waals surface area (Å²) in [6.07, 6.45) is 0. The molecule has 2 aromatic carbocycles. The number of amides is 3. The summed E-state index contributed by atoms with van der Waals surface area (Å²) >= 11 is 0. The van der Waals surface area contributed by atoms with Crippen LogP contribution in [0.25, 0.3) is 16.5 Å². The smallest absolute Gasteiger partial charge is 0.317 e. The van der Waals surface area contributed by atoms with Gasteiger partial charge in [0.05, 0.1) is 5.56 Å². The number of primary amides is 2. The molecule has 0 aliphatic heterocycles. The van der Waals surface area contributed by atoms with E-state index in [1.54, 1.807) is 6.07 Å². The summed E-state index contributed by atoms with van der Waals surface area (Å²) in [5.41, 5.74) is 14.1. The maximum atomic E-state index is 11.7. The number of rotatable bonds is 4. The molecule has 0 saturated carbocycles. The van der Waals surface area contributed by atoms with Crippen molar-refractivity contribution in [2.24, 2.45) is 11.5 Å². The lowest BCUT2D eigenvalue weighted by Gasteiger charge is -2.06. The maximum Gasteiger partial charge on any atom is 0.317 e. The van der Waals surface area contributed by atoms with E-state index in [9.17, 15) is 9.59 Å². The second-order valence-electron chi connectivity index (χ2n) is 5.33. The summed E-state index contributed by atoms with van der Waals surface area (Å²) in [6, 6.07) is 14.4. The number of H-pyrrole nitrogens is 1. The minimum absolute atomic E-state index is 0.187. The molecule has 0 unspecified atom stereocenters. The molecule has 0 radical (unpaired) electrons. The van der Waals surface area contributed by atoms with Crippen LogP contribution >= 0.6 is 0 Å². The number of carbonyl (C=O) groups is 2. The summed E-state index contributed by atoms with van der Waals surface area (Å²) < 4.78 is 0. The van der Waals surface area contributed by atoms with Gasteiger partial charge in [-0.25, -0.2) is 4.79 Å². The van der Waals surface area contributed by atoms with E-state index in [-0.39, 0.29) is 11.4 Å². The van der Waals surface area contributed by atoms with E-state index >= 15 is 0 Å². The Kier molecular flexibility index (Phi) is 3.79. The van der Waals surface area contributed by atoms with Gasteiger partial charge in [-0.05, 0) is 22.8 Å². The normalized spacial score (nSPS) is 10.5. The second kappa shape index (κ2) is 5.92. The second-order valence-corrected chi connectivity index (χ2v) is 5.33. The Balaban J connectivity index is 2.10. The Labute approximate surface area is 138 Å². The van der Waals surface area contributed by atoms with E-state index in [2.05, 4.69) is 16.9 Å². The number of aromatic nitrogens is 1. The number of hydrogen-bond acceptors (Lipinski definition) is 2. The van der Waals surface area contributed by atoms with Crippen LogP contribution < -0.4 is 16.8 Å². The SMILES string of the molecule is C=C(c1ccccc1)c1ccc2c(C(N)=O)c(NC(N)=O)[nH]c2c1. The molecule has 0 aliphatic carbocycles. The predicted molar refractivity (Wildman–Crippen MR) is 94.6 cm³/mol. The van der Waals surface area contributed by atoms with Crippen LogP contribution in [0.3, 0.4) is 0 Å². The summed E-state index contributed by atoms with van der Waals surface area (Å²) in [5, 5.41) is 2.99. The summed E-state index contributed by atoms with van der Waals surface area (Å²) in [7, 11) is 0. The quantitative estimate of drug-likeness (QED) is 0.592. The van der Waals surface area contributed by atoms with E-state index < -0.39 is 11.9 Å². The van der Waals surface area contributed by atoms with Crippen molar-refractivity contribution in [1.82, 2.24) is 4.98 Å². The third kappa shape index (κ3) is 2.72. The van der Waals surface area contributed by atoms with Crippen molar-refractivity contribution in [2.75, 3.05) is 5.32 Å². The molecular weight excluding hydrogens is 304 g/mol. The topological polar surface area (TPSA) is 114 Å². The highest BCUT2D eigenvalue weighted by molar-refractivity contribution is 6.13. The molecule has 3 aromatic rings. The number of urea groups is 1. The molecule has 24 heavy (non-hydrogen) atoms. The highest BCUT2D eigenvalue weighted by Gasteiger charge is 2.18. The van der Waals surface area contributed by atoms with Gasteiger partial charge in [0.25, 0.3) is 5.91 Å². The minimum Gasteiger partial charge on any atom is -0.365 e. The highest BCUT2D eigenvalue weighted by Crippen LogP contribution is 2.30. The van der Waals surface area contributed by atoms with Crippen LogP contribution in [0.2, 0.25) is 0 Å². The number of anilines is 1. The van der Waals surface area contributed by atoms with E-state index in [4.69, 9.17) is 11.5 Å². The van der Waals surface area contributed by atoms with Crippen LogP contribution in [-0.4, -0.2) is 16.9 Å². The Morgan fingerprint density at radius 3 is 2.33 bits per heavy atom. The zero-order valence-electron chi connectivity index (χ0n) is 12.8. The lowest BCUT2D eigenvalue weighted by molar-refractivity contribution is 0.100. The fourth-order valence-electron chi connectivity index (χ4n) is 2.66. The van der Waals surface area contributed by atoms with Crippen molar-refractivity contribution < 1.29 is 9.59 Å². The van der Waals surface area contributed by atoms with Gasteiger partial charge >= 0.3 is 6.03 Å². The predicted octanol–water partition coefficient (Wildman–Crippen LogP) is 2.82. The van der Waals surface area contributed by atoms with E-state index in [1.807, 2.05) is 42.5 Å². The molecule has 3 rings (SSSR count). The molecule has 6 N–H and O–H groups in total. The van der Waals surface area contributed by atoms with Crippen LogP contribution in [0.1, 0.15) is 21.5 Å². The molecule has 0 bridgehead atoms. The van der Waals surface area contributed by atoms with Crippen LogP contribution in [-0.2, 0) is 0 Å². The number of hydrogen-bond donors (Lipinski definition) is 4. The van der Waals surface area contributed by atoms with Crippen LogP contribution in [0.4, 0.5) is 10.6 Å². The summed E-state index contributed by atoms with van der Waals surface area (Å²) in [6.45, 7) is 4.12. The lowest BCUT2D eigenvalue weighted by atomic mass is 9.98. The van der Waals surface area contributed by atoms with Gasteiger partial charge in [0.15, 0.2) is 0 Å². The Morgan fingerprint density at radius 2 is 1.71 bits per heavy atom. The molecular formula is C18H16N4O2. The van der Waals surface area contributed by atoms with Gasteiger partial charge in [0, 0.05) is 10.9 Å². The number of benzene rings is 2. The largest absolute Gasteiger partial charge is 0.365 e. The lowest BCUT2D eigenvalue weighted by Crippen LogP contribution is -2.22. The zero-order chi connectivity index (χ0) is 17.3. The van der Waals surface area contributed by atoms with Crippen molar-refractivity contribution in [2.45, 2.75) is 0 Å². The number of fused-ring (bicyclic) bond motifs is 1.